The van der Waals surface area contributed by atoms with Crippen LogP contribution in [0.25, 0.3) is 71.7 Å². The molecular formula is C46H30N4. The zero-order chi connectivity index (χ0) is 33.5. The Hall–Kier alpha value is -6.62. The van der Waals surface area contributed by atoms with Gasteiger partial charge in [0.05, 0.1) is 51.0 Å². The van der Waals surface area contributed by atoms with Crippen molar-refractivity contribution in [3.05, 3.63) is 162 Å². The van der Waals surface area contributed by atoms with Crippen molar-refractivity contribution in [3.8, 4) is 29.0 Å². The highest BCUT2D eigenvalue weighted by Crippen LogP contribution is 2.58. The highest BCUT2D eigenvalue weighted by Gasteiger charge is 2.46. The molecule has 2 atom stereocenters. The van der Waals surface area contributed by atoms with Gasteiger partial charge < -0.3 is 9.13 Å². The summed E-state index contributed by atoms with van der Waals surface area (Å²) in [6.07, 6.45) is 5.79. The molecule has 234 valence electrons. The molecule has 50 heavy (non-hydrogen) atoms. The maximum atomic E-state index is 10.2. The Morgan fingerprint density at radius 2 is 1.16 bits per heavy atom. The Kier molecular flexibility index (Phi) is 6.07. The minimum absolute atomic E-state index is 0.414. The molecule has 0 amide bonds. The summed E-state index contributed by atoms with van der Waals surface area (Å²) in [4.78, 5) is 0. The Morgan fingerprint density at radius 1 is 0.560 bits per heavy atom. The van der Waals surface area contributed by atoms with E-state index in [1.807, 2.05) is 24.3 Å². The van der Waals surface area contributed by atoms with Gasteiger partial charge in [0, 0.05) is 38.7 Å². The first kappa shape index (κ1) is 28.4. The van der Waals surface area contributed by atoms with Gasteiger partial charge in [0.15, 0.2) is 0 Å². The fourth-order valence-corrected chi connectivity index (χ4v) is 8.62. The number of benzene rings is 6. The van der Waals surface area contributed by atoms with Gasteiger partial charge in [-0.25, -0.2) is 0 Å². The molecule has 0 saturated heterocycles. The Morgan fingerprint density at radius 3 is 1.84 bits per heavy atom. The quantitative estimate of drug-likeness (QED) is 0.193. The van der Waals surface area contributed by atoms with E-state index in [2.05, 4.69) is 143 Å². The van der Waals surface area contributed by atoms with Crippen molar-refractivity contribution in [2.24, 2.45) is 11.8 Å². The lowest BCUT2D eigenvalue weighted by atomic mass is 9.86. The van der Waals surface area contributed by atoms with E-state index in [0.717, 1.165) is 50.6 Å². The second-order valence-electron chi connectivity index (χ2n) is 13.5. The summed E-state index contributed by atoms with van der Waals surface area (Å²) >= 11 is 0. The first-order valence-corrected chi connectivity index (χ1v) is 17.1. The molecule has 0 N–H and O–H groups in total. The normalized spacial score (nSPS) is 16.6. The number of nitrogens with zero attached hydrogens (tertiary/aromatic N) is 4. The third kappa shape index (κ3) is 3.97. The van der Waals surface area contributed by atoms with Crippen LogP contribution in [-0.2, 0) is 0 Å². The molecular weight excluding hydrogens is 609 g/mol. The van der Waals surface area contributed by atoms with Crippen LogP contribution in [0.5, 0.6) is 0 Å². The van der Waals surface area contributed by atoms with Crippen LogP contribution in [0.2, 0.25) is 0 Å². The minimum atomic E-state index is 0.414. The summed E-state index contributed by atoms with van der Waals surface area (Å²) in [5.74, 6) is 0.844. The van der Waals surface area contributed by atoms with E-state index < -0.39 is 0 Å². The monoisotopic (exact) mass is 638 g/mol. The van der Waals surface area contributed by atoms with Gasteiger partial charge in [-0.1, -0.05) is 84.9 Å². The van der Waals surface area contributed by atoms with Crippen molar-refractivity contribution < 1.29 is 0 Å². The number of nitriles is 2. The summed E-state index contributed by atoms with van der Waals surface area (Å²) in [5, 5.41) is 24.7. The average Bonchev–Trinajstić information content (AvgIpc) is 3.82. The minimum Gasteiger partial charge on any atom is -0.313 e. The standard InChI is InChI=1S/C46H30N4/c1-28-30(27-48)19-22-45(50-42-17-9-6-13-35(42)38-24-29(26-47)18-21-43(38)50)46(28)36-14-3-2-10-31(36)32-20-23-44(39-25-37(32)39)49-40-15-7-4-11-33(40)34-12-5-8-16-41(34)49/h2-24,37,39H,25H2,1H3/t37-,39?/m0/s1. The summed E-state index contributed by atoms with van der Waals surface area (Å²) in [6, 6.07) is 49.3. The van der Waals surface area contributed by atoms with Gasteiger partial charge in [-0.05, 0) is 96.1 Å². The van der Waals surface area contributed by atoms with E-state index >= 15 is 0 Å². The SMILES string of the molecule is Cc1c(C#N)ccc(-n2c3ccccc3c3cc(C#N)ccc32)c1-c1ccccc1C1=CC=C(n2c3ccccc3c3ccccc32)C2C[C@@H]12. The lowest BCUT2D eigenvalue weighted by Crippen LogP contribution is -2.06. The molecule has 0 aliphatic heterocycles. The van der Waals surface area contributed by atoms with Crippen molar-refractivity contribution in [3.63, 3.8) is 0 Å². The van der Waals surface area contributed by atoms with Gasteiger partial charge >= 0.3 is 0 Å². The number of hydrogen-bond acceptors (Lipinski definition) is 2. The van der Waals surface area contributed by atoms with Gasteiger partial charge in [0.25, 0.3) is 0 Å². The number of hydrogen-bond donors (Lipinski definition) is 0. The molecule has 10 rings (SSSR count). The second-order valence-corrected chi connectivity index (χ2v) is 13.5. The summed E-state index contributed by atoms with van der Waals surface area (Å²) < 4.78 is 4.79. The Balaban J connectivity index is 1.19. The summed E-state index contributed by atoms with van der Waals surface area (Å²) in [6.45, 7) is 2.07. The number of allylic oxidation sites excluding steroid dienone is 4. The van der Waals surface area contributed by atoms with Crippen LogP contribution < -0.4 is 0 Å². The van der Waals surface area contributed by atoms with Crippen LogP contribution in [0, 0.1) is 41.4 Å². The predicted molar refractivity (Wildman–Crippen MR) is 204 cm³/mol. The third-order valence-corrected chi connectivity index (χ3v) is 11.0. The van der Waals surface area contributed by atoms with Gasteiger partial charge in [-0.2, -0.15) is 10.5 Å². The van der Waals surface area contributed by atoms with Crippen molar-refractivity contribution in [1.82, 2.24) is 9.13 Å². The molecule has 0 radical (unpaired) electrons. The molecule has 6 aromatic carbocycles. The molecule has 0 spiro atoms. The fraction of sp³-hybridized carbons (Fsp3) is 0.0870. The topological polar surface area (TPSA) is 57.4 Å². The maximum Gasteiger partial charge on any atom is 0.0994 e. The van der Waals surface area contributed by atoms with E-state index in [4.69, 9.17) is 0 Å². The van der Waals surface area contributed by atoms with E-state index in [0.29, 0.717) is 23.0 Å². The smallest absolute Gasteiger partial charge is 0.0994 e. The van der Waals surface area contributed by atoms with E-state index in [-0.39, 0.29) is 0 Å². The molecule has 8 aromatic rings. The summed E-state index contributed by atoms with van der Waals surface area (Å²) in [7, 11) is 0. The Bertz CT molecular complexity index is 2840. The van der Waals surface area contributed by atoms with Crippen LogP contribution in [-0.4, -0.2) is 9.13 Å². The van der Waals surface area contributed by atoms with Crippen LogP contribution in [0.1, 0.15) is 28.7 Å². The first-order chi connectivity index (χ1) is 24.7. The van der Waals surface area contributed by atoms with Crippen molar-refractivity contribution >= 4 is 54.9 Å². The van der Waals surface area contributed by atoms with E-state index in [1.54, 1.807) is 0 Å². The number of aromatic nitrogens is 2. The van der Waals surface area contributed by atoms with Crippen LogP contribution in [0.3, 0.4) is 0 Å². The lowest BCUT2D eigenvalue weighted by molar-refractivity contribution is 0.948. The van der Waals surface area contributed by atoms with E-state index in [9.17, 15) is 10.5 Å². The molecule has 2 aliphatic rings. The Labute approximate surface area is 289 Å². The number of fused-ring (bicyclic) bond motifs is 7. The molecule has 4 nitrogen and oxygen atoms in total. The largest absolute Gasteiger partial charge is 0.313 e. The van der Waals surface area contributed by atoms with E-state index in [1.165, 1.54) is 38.6 Å². The van der Waals surface area contributed by atoms with Crippen LogP contribution >= 0.6 is 0 Å². The molecule has 4 heteroatoms. The van der Waals surface area contributed by atoms with Crippen LogP contribution in [0.4, 0.5) is 0 Å². The van der Waals surface area contributed by atoms with Gasteiger partial charge in [0.2, 0.25) is 0 Å². The predicted octanol–water partition coefficient (Wildman–Crippen LogP) is 11.2. The maximum absolute atomic E-state index is 10.2. The first-order valence-electron chi connectivity index (χ1n) is 17.1. The fourth-order valence-electron chi connectivity index (χ4n) is 8.62. The van der Waals surface area contributed by atoms with Gasteiger partial charge in [-0.15, -0.1) is 0 Å². The molecule has 1 saturated carbocycles. The third-order valence-electron chi connectivity index (χ3n) is 11.0. The van der Waals surface area contributed by atoms with Crippen molar-refractivity contribution in [2.75, 3.05) is 0 Å². The highest BCUT2D eigenvalue weighted by atomic mass is 15.0. The van der Waals surface area contributed by atoms with Crippen LogP contribution in [0.15, 0.2) is 140 Å². The lowest BCUT2D eigenvalue weighted by Gasteiger charge is -2.22. The number of rotatable bonds is 4. The zero-order valence-electron chi connectivity index (χ0n) is 27.4. The molecule has 0 bridgehead atoms. The van der Waals surface area contributed by atoms with Gasteiger partial charge in [-0.3, -0.25) is 0 Å². The summed E-state index contributed by atoms with van der Waals surface area (Å²) in [5.41, 5.74) is 14.0. The van der Waals surface area contributed by atoms with Crippen molar-refractivity contribution in [2.45, 2.75) is 13.3 Å². The van der Waals surface area contributed by atoms with Gasteiger partial charge in [0.1, 0.15) is 0 Å². The zero-order valence-corrected chi connectivity index (χ0v) is 27.4. The molecule has 2 aromatic heterocycles. The second kappa shape index (κ2) is 10.7. The number of para-hydroxylation sites is 3. The average molecular weight is 639 g/mol. The molecule has 1 unspecified atom stereocenters. The molecule has 2 heterocycles. The molecule has 1 fully saturated rings. The van der Waals surface area contributed by atoms with Crippen molar-refractivity contribution in [1.29, 1.82) is 10.5 Å². The molecule has 2 aliphatic carbocycles. The highest BCUT2D eigenvalue weighted by molar-refractivity contribution is 6.11.